The van der Waals surface area contributed by atoms with Crippen LogP contribution in [0.25, 0.3) is 0 Å². The van der Waals surface area contributed by atoms with Crippen molar-refractivity contribution in [1.29, 1.82) is 0 Å². The van der Waals surface area contributed by atoms with Crippen LogP contribution >= 0.6 is 0 Å². The van der Waals surface area contributed by atoms with Crippen molar-refractivity contribution in [3.05, 3.63) is 35.9 Å². The lowest BCUT2D eigenvalue weighted by Gasteiger charge is -2.46. The van der Waals surface area contributed by atoms with E-state index >= 15 is 0 Å². The van der Waals surface area contributed by atoms with E-state index < -0.39 is 0 Å². The lowest BCUT2D eigenvalue weighted by Crippen LogP contribution is -2.58. The van der Waals surface area contributed by atoms with Gasteiger partial charge < -0.3 is 9.47 Å². The standard InChI is InChI=1S/C16H25NO3/c1-12-13(2)20-15(18-4)10-16(12,3)17-19-11-14-8-6-5-7-9-14/h5-9,12-13,15,17H,10-11H2,1-4H3/t12-,13-,15+,16+/m0/s1. The number of hydroxylamine groups is 1. The third kappa shape index (κ3) is 3.58. The molecule has 1 N–H and O–H groups in total. The van der Waals surface area contributed by atoms with E-state index in [0.29, 0.717) is 12.5 Å². The summed E-state index contributed by atoms with van der Waals surface area (Å²) < 4.78 is 11.1. The molecule has 1 aliphatic heterocycles. The topological polar surface area (TPSA) is 39.7 Å². The van der Waals surface area contributed by atoms with Gasteiger partial charge >= 0.3 is 0 Å². The molecule has 1 fully saturated rings. The highest BCUT2D eigenvalue weighted by atomic mass is 16.7. The molecule has 0 radical (unpaired) electrons. The van der Waals surface area contributed by atoms with Crippen LogP contribution in [0.3, 0.4) is 0 Å². The Morgan fingerprint density at radius 3 is 2.65 bits per heavy atom. The second-order valence-corrected chi connectivity index (χ2v) is 5.79. The summed E-state index contributed by atoms with van der Waals surface area (Å²) in [5.74, 6) is 0.338. The van der Waals surface area contributed by atoms with Gasteiger partial charge in [0.2, 0.25) is 0 Å². The summed E-state index contributed by atoms with van der Waals surface area (Å²) in [4.78, 5) is 5.71. The number of rotatable bonds is 5. The molecule has 1 aromatic rings. The Morgan fingerprint density at radius 2 is 2.00 bits per heavy atom. The Morgan fingerprint density at radius 1 is 1.30 bits per heavy atom. The Kier molecular flexibility index (Phi) is 5.16. The van der Waals surface area contributed by atoms with E-state index in [1.165, 1.54) is 0 Å². The summed E-state index contributed by atoms with van der Waals surface area (Å²) >= 11 is 0. The molecule has 0 bridgehead atoms. The van der Waals surface area contributed by atoms with Crippen molar-refractivity contribution in [2.75, 3.05) is 7.11 Å². The van der Waals surface area contributed by atoms with Gasteiger partial charge in [-0.15, -0.1) is 0 Å². The summed E-state index contributed by atoms with van der Waals surface area (Å²) in [6.07, 6.45) is 0.717. The molecule has 4 heteroatoms. The molecular weight excluding hydrogens is 254 g/mol. The van der Waals surface area contributed by atoms with Crippen LogP contribution in [-0.2, 0) is 20.9 Å². The van der Waals surface area contributed by atoms with Crippen LogP contribution in [-0.4, -0.2) is 25.0 Å². The molecule has 1 aromatic carbocycles. The second-order valence-electron chi connectivity index (χ2n) is 5.79. The number of methoxy groups -OCH3 is 1. The maximum atomic E-state index is 5.79. The largest absolute Gasteiger partial charge is 0.356 e. The molecule has 0 saturated carbocycles. The maximum Gasteiger partial charge on any atom is 0.159 e. The maximum absolute atomic E-state index is 5.79. The van der Waals surface area contributed by atoms with Crippen LogP contribution in [0, 0.1) is 5.92 Å². The first-order valence-corrected chi connectivity index (χ1v) is 7.16. The highest BCUT2D eigenvalue weighted by Crippen LogP contribution is 2.34. The fourth-order valence-electron chi connectivity index (χ4n) is 2.59. The van der Waals surface area contributed by atoms with Crippen molar-refractivity contribution in [2.45, 2.75) is 51.7 Å². The van der Waals surface area contributed by atoms with Gasteiger partial charge in [-0.05, 0) is 19.4 Å². The van der Waals surface area contributed by atoms with Crippen molar-refractivity contribution < 1.29 is 14.3 Å². The molecule has 0 unspecified atom stereocenters. The van der Waals surface area contributed by atoms with Gasteiger partial charge in [0.05, 0.1) is 18.2 Å². The van der Waals surface area contributed by atoms with Crippen molar-refractivity contribution in [1.82, 2.24) is 5.48 Å². The zero-order valence-electron chi connectivity index (χ0n) is 12.8. The van der Waals surface area contributed by atoms with E-state index in [-0.39, 0.29) is 17.9 Å². The SMILES string of the molecule is CO[C@H]1C[C@@](C)(NOCc2ccccc2)[C@@H](C)[C@H](C)O1. The Balaban J connectivity index is 1.92. The summed E-state index contributed by atoms with van der Waals surface area (Å²) in [6.45, 7) is 6.96. The number of hydrogen-bond donors (Lipinski definition) is 1. The first kappa shape index (κ1) is 15.4. The van der Waals surface area contributed by atoms with Gasteiger partial charge in [-0.1, -0.05) is 37.3 Å². The molecule has 1 heterocycles. The first-order chi connectivity index (χ1) is 9.55. The summed E-state index contributed by atoms with van der Waals surface area (Å²) in [5.41, 5.74) is 4.22. The molecule has 0 amide bonds. The predicted octanol–water partition coefficient (Wildman–Crippen LogP) is 2.88. The van der Waals surface area contributed by atoms with Crippen LogP contribution in [0.2, 0.25) is 0 Å². The molecule has 112 valence electrons. The summed E-state index contributed by atoms with van der Waals surface area (Å²) in [6, 6.07) is 10.1. The van der Waals surface area contributed by atoms with Gasteiger partial charge in [0.25, 0.3) is 0 Å². The molecule has 1 saturated heterocycles. The van der Waals surface area contributed by atoms with Crippen molar-refractivity contribution >= 4 is 0 Å². The van der Waals surface area contributed by atoms with Gasteiger partial charge in [0, 0.05) is 19.4 Å². The molecule has 4 nitrogen and oxygen atoms in total. The highest BCUT2D eigenvalue weighted by molar-refractivity contribution is 5.13. The molecule has 0 aromatic heterocycles. The van der Waals surface area contributed by atoms with E-state index in [0.717, 1.165) is 12.0 Å². The minimum atomic E-state index is -0.181. The smallest absolute Gasteiger partial charge is 0.159 e. The van der Waals surface area contributed by atoms with Gasteiger partial charge in [-0.3, -0.25) is 4.84 Å². The Bertz CT molecular complexity index is 411. The average Bonchev–Trinajstić information content (AvgIpc) is 2.45. The zero-order valence-corrected chi connectivity index (χ0v) is 12.8. The minimum absolute atomic E-state index is 0.131. The van der Waals surface area contributed by atoms with E-state index in [2.05, 4.69) is 38.4 Å². The van der Waals surface area contributed by atoms with Gasteiger partial charge in [0.1, 0.15) is 0 Å². The normalized spacial score (nSPS) is 34.1. The van der Waals surface area contributed by atoms with Gasteiger partial charge in [0.15, 0.2) is 6.29 Å². The average molecular weight is 279 g/mol. The molecule has 1 aliphatic rings. The predicted molar refractivity (Wildman–Crippen MR) is 77.9 cm³/mol. The number of hydrogen-bond acceptors (Lipinski definition) is 4. The third-order valence-electron chi connectivity index (χ3n) is 4.32. The molecule has 0 aliphatic carbocycles. The van der Waals surface area contributed by atoms with E-state index in [1.54, 1.807) is 7.11 Å². The van der Waals surface area contributed by atoms with E-state index in [1.807, 2.05) is 18.2 Å². The van der Waals surface area contributed by atoms with Crippen LogP contribution < -0.4 is 5.48 Å². The minimum Gasteiger partial charge on any atom is -0.356 e. The second kappa shape index (κ2) is 6.68. The first-order valence-electron chi connectivity index (χ1n) is 7.16. The van der Waals surface area contributed by atoms with E-state index in [9.17, 15) is 0 Å². The van der Waals surface area contributed by atoms with Crippen LogP contribution in [0.15, 0.2) is 30.3 Å². The van der Waals surface area contributed by atoms with Crippen molar-refractivity contribution in [2.24, 2.45) is 5.92 Å². The third-order valence-corrected chi connectivity index (χ3v) is 4.32. The quantitative estimate of drug-likeness (QED) is 0.841. The highest BCUT2D eigenvalue weighted by Gasteiger charge is 2.43. The van der Waals surface area contributed by atoms with Crippen molar-refractivity contribution in [3.63, 3.8) is 0 Å². The number of nitrogens with one attached hydrogen (secondary N) is 1. The van der Waals surface area contributed by atoms with E-state index in [4.69, 9.17) is 14.3 Å². The molecule has 2 rings (SSSR count). The summed E-state index contributed by atoms with van der Waals surface area (Å²) in [7, 11) is 1.68. The Hall–Kier alpha value is -0.940. The lowest BCUT2D eigenvalue weighted by atomic mass is 9.79. The van der Waals surface area contributed by atoms with Crippen LogP contribution in [0.1, 0.15) is 32.8 Å². The number of benzene rings is 1. The monoisotopic (exact) mass is 279 g/mol. The lowest BCUT2D eigenvalue weighted by molar-refractivity contribution is -0.230. The van der Waals surface area contributed by atoms with Gasteiger partial charge in [-0.25, -0.2) is 0 Å². The van der Waals surface area contributed by atoms with Gasteiger partial charge in [-0.2, -0.15) is 5.48 Å². The van der Waals surface area contributed by atoms with Crippen LogP contribution in [0.4, 0.5) is 0 Å². The molecular formula is C16H25NO3. The van der Waals surface area contributed by atoms with Crippen LogP contribution in [0.5, 0.6) is 0 Å². The molecule has 0 spiro atoms. The fourth-order valence-corrected chi connectivity index (χ4v) is 2.59. The molecule has 20 heavy (non-hydrogen) atoms. The summed E-state index contributed by atoms with van der Waals surface area (Å²) in [5, 5.41) is 0. The zero-order chi connectivity index (χ0) is 14.6. The van der Waals surface area contributed by atoms with Crippen molar-refractivity contribution in [3.8, 4) is 0 Å². The molecule has 4 atom stereocenters. The fraction of sp³-hybridized carbons (Fsp3) is 0.625. The Labute approximate surface area is 121 Å². The number of ether oxygens (including phenoxy) is 2.